The van der Waals surface area contributed by atoms with Gasteiger partial charge in [0.15, 0.2) is 0 Å². The zero-order valence-corrected chi connectivity index (χ0v) is 16.0. The van der Waals surface area contributed by atoms with E-state index in [0.29, 0.717) is 33.7 Å². The molecule has 0 bridgehead atoms. The number of pyridine rings is 1. The maximum Gasteiger partial charge on any atom is 0.416 e. The zero-order valence-electron chi connectivity index (χ0n) is 14.5. The van der Waals surface area contributed by atoms with Crippen LogP contribution < -0.4 is 10.6 Å². The second-order valence-corrected chi connectivity index (χ2v) is 7.29. The van der Waals surface area contributed by atoms with Crippen LogP contribution in [0, 0.1) is 0 Å². The van der Waals surface area contributed by atoms with Crippen molar-refractivity contribution < 1.29 is 13.2 Å². The highest BCUT2D eigenvalue weighted by Gasteiger charge is 2.31. The number of aromatic nitrogens is 3. The number of rotatable bonds is 5. The first-order chi connectivity index (χ1) is 13.4. The molecule has 2 N–H and O–H groups in total. The van der Waals surface area contributed by atoms with Gasteiger partial charge < -0.3 is 10.6 Å². The summed E-state index contributed by atoms with van der Waals surface area (Å²) < 4.78 is 38.9. The van der Waals surface area contributed by atoms with Gasteiger partial charge in [-0.1, -0.05) is 0 Å². The van der Waals surface area contributed by atoms with Crippen molar-refractivity contribution in [2.45, 2.75) is 25.1 Å². The fraction of sp³-hybridized carbons (Fsp3) is 0.211. The van der Waals surface area contributed by atoms with E-state index in [1.807, 2.05) is 12.1 Å². The topological polar surface area (TPSA) is 62.7 Å². The van der Waals surface area contributed by atoms with Gasteiger partial charge in [-0.05, 0) is 59.1 Å². The fourth-order valence-electron chi connectivity index (χ4n) is 2.58. The molecule has 144 valence electrons. The average molecular weight is 450 g/mol. The van der Waals surface area contributed by atoms with Crippen molar-refractivity contribution in [1.82, 2.24) is 15.0 Å². The highest BCUT2D eigenvalue weighted by molar-refractivity contribution is 9.10. The Kier molecular flexibility index (Phi) is 4.92. The van der Waals surface area contributed by atoms with Crippen LogP contribution in [0.15, 0.2) is 53.3 Å². The Bertz CT molecular complexity index is 991. The summed E-state index contributed by atoms with van der Waals surface area (Å²) in [4.78, 5) is 13.1. The maximum atomic E-state index is 12.9. The van der Waals surface area contributed by atoms with Crippen molar-refractivity contribution >= 4 is 33.4 Å². The van der Waals surface area contributed by atoms with Gasteiger partial charge >= 0.3 is 6.18 Å². The summed E-state index contributed by atoms with van der Waals surface area (Å²) >= 11 is 3.20. The summed E-state index contributed by atoms with van der Waals surface area (Å²) in [7, 11) is 0. The number of hydrogen-bond donors (Lipinski definition) is 2. The van der Waals surface area contributed by atoms with Gasteiger partial charge in [0.2, 0.25) is 5.95 Å². The lowest BCUT2D eigenvalue weighted by atomic mass is 10.2. The molecule has 0 amide bonds. The Morgan fingerprint density at radius 3 is 2.54 bits per heavy atom. The third-order valence-electron chi connectivity index (χ3n) is 4.15. The Balaban J connectivity index is 1.67. The second kappa shape index (κ2) is 7.38. The predicted octanol–water partition coefficient (Wildman–Crippen LogP) is 5.64. The first-order valence-electron chi connectivity index (χ1n) is 8.58. The summed E-state index contributed by atoms with van der Waals surface area (Å²) in [6, 6.07) is 9.22. The summed E-state index contributed by atoms with van der Waals surface area (Å²) in [5.74, 6) is 0.937. The normalized spacial score (nSPS) is 14.0. The highest BCUT2D eigenvalue weighted by atomic mass is 79.9. The van der Waals surface area contributed by atoms with Crippen molar-refractivity contribution in [2.24, 2.45) is 0 Å². The number of halogens is 4. The standard InChI is InChI=1S/C19H15BrF3N5/c20-14-8-12(19(21,22)23)3-6-15(14)26-17-9-16(11-2-1-7-24-10-11)27-18(28-17)25-13-4-5-13/h1-3,6-10,13H,4-5H2,(H2,25,26,27,28). The van der Waals surface area contributed by atoms with Gasteiger partial charge in [0, 0.05) is 34.5 Å². The highest BCUT2D eigenvalue weighted by Crippen LogP contribution is 2.35. The van der Waals surface area contributed by atoms with Crippen molar-refractivity contribution in [2.75, 3.05) is 10.6 Å². The zero-order chi connectivity index (χ0) is 19.7. The van der Waals surface area contributed by atoms with Crippen LogP contribution in [0.25, 0.3) is 11.3 Å². The molecule has 4 rings (SSSR count). The first kappa shape index (κ1) is 18.7. The van der Waals surface area contributed by atoms with Gasteiger partial charge in [0.25, 0.3) is 0 Å². The molecular formula is C19H15BrF3N5. The van der Waals surface area contributed by atoms with E-state index in [9.17, 15) is 13.2 Å². The number of nitrogens with zero attached hydrogens (tertiary/aromatic N) is 3. The predicted molar refractivity (Wildman–Crippen MR) is 104 cm³/mol. The number of nitrogens with one attached hydrogen (secondary N) is 2. The van der Waals surface area contributed by atoms with Crippen molar-refractivity contribution in [3.05, 3.63) is 58.8 Å². The molecule has 0 radical (unpaired) electrons. The Morgan fingerprint density at radius 2 is 1.89 bits per heavy atom. The van der Waals surface area contributed by atoms with Crippen molar-refractivity contribution in [3.63, 3.8) is 0 Å². The minimum atomic E-state index is -4.40. The SMILES string of the molecule is FC(F)(F)c1ccc(Nc2cc(-c3cccnc3)nc(NC3CC3)n2)c(Br)c1. The van der Waals surface area contributed by atoms with E-state index in [1.54, 1.807) is 18.5 Å². The van der Waals surface area contributed by atoms with Gasteiger partial charge in [-0.3, -0.25) is 4.98 Å². The van der Waals surface area contributed by atoms with Gasteiger partial charge in [-0.25, -0.2) is 4.98 Å². The molecule has 1 saturated carbocycles. The monoisotopic (exact) mass is 449 g/mol. The van der Waals surface area contributed by atoms with E-state index in [1.165, 1.54) is 6.07 Å². The molecule has 9 heteroatoms. The van der Waals surface area contributed by atoms with E-state index < -0.39 is 11.7 Å². The van der Waals surface area contributed by atoms with Gasteiger partial charge in [0.1, 0.15) is 5.82 Å². The molecular weight excluding hydrogens is 435 g/mol. The summed E-state index contributed by atoms with van der Waals surface area (Å²) in [5.41, 5.74) is 1.23. The van der Waals surface area contributed by atoms with Gasteiger partial charge in [0.05, 0.1) is 16.9 Å². The molecule has 0 unspecified atom stereocenters. The number of alkyl halides is 3. The Labute approximate surface area is 167 Å². The smallest absolute Gasteiger partial charge is 0.351 e. The van der Waals surface area contributed by atoms with Crippen LogP contribution in [0.3, 0.4) is 0 Å². The lowest BCUT2D eigenvalue weighted by Gasteiger charge is -2.13. The third-order valence-corrected chi connectivity index (χ3v) is 4.81. The third kappa shape index (κ3) is 4.41. The van der Waals surface area contributed by atoms with Crippen molar-refractivity contribution in [3.8, 4) is 11.3 Å². The summed E-state index contributed by atoms with van der Waals surface area (Å²) in [5, 5.41) is 6.32. The second-order valence-electron chi connectivity index (χ2n) is 6.44. The molecule has 1 aromatic carbocycles. The molecule has 1 fully saturated rings. The largest absolute Gasteiger partial charge is 0.416 e. The molecule has 0 spiro atoms. The van der Waals surface area contributed by atoms with E-state index in [4.69, 9.17) is 0 Å². The van der Waals surface area contributed by atoms with Crippen LogP contribution in [0.1, 0.15) is 18.4 Å². The molecule has 0 aliphatic heterocycles. The maximum absolute atomic E-state index is 12.9. The molecule has 2 heterocycles. The van der Waals surface area contributed by atoms with Crippen LogP contribution in [-0.4, -0.2) is 21.0 Å². The van der Waals surface area contributed by atoms with Crippen LogP contribution >= 0.6 is 15.9 Å². The first-order valence-corrected chi connectivity index (χ1v) is 9.37. The van der Waals surface area contributed by atoms with E-state index in [-0.39, 0.29) is 0 Å². The lowest BCUT2D eigenvalue weighted by Crippen LogP contribution is -2.08. The van der Waals surface area contributed by atoms with E-state index >= 15 is 0 Å². The minimum Gasteiger partial charge on any atom is -0.351 e. The molecule has 5 nitrogen and oxygen atoms in total. The van der Waals surface area contributed by atoms with E-state index in [0.717, 1.165) is 30.5 Å². The average Bonchev–Trinajstić information content (AvgIpc) is 3.47. The van der Waals surface area contributed by atoms with E-state index in [2.05, 4.69) is 41.5 Å². The Hall–Kier alpha value is -2.68. The minimum absolute atomic E-state index is 0.292. The van der Waals surface area contributed by atoms with Crippen LogP contribution in [0.5, 0.6) is 0 Å². The quantitative estimate of drug-likeness (QED) is 0.527. The van der Waals surface area contributed by atoms with Gasteiger partial charge in [-0.2, -0.15) is 18.2 Å². The lowest BCUT2D eigenvalue weighted by molar-refractivity contribution is -0.137. The Morgan fingerprint density at radius 1 is 1.07 bits per heavy atom. The molecule has 1 aliphatic carbocycles. The molecule has 2 aromatic heterocycles. The number of benzene rings is 1. The summed E-state index contributed by atoms with van der Waals surface area (Å²) in [6.45, 7) is 0. The molecule has 3 aromatic rings. The number of anilines is 3. The fourth-order valence-corrected chi connectivity index (χ4v) is 3.06. The molecule has 1 aliphatic rings. The van der Waals surface area contributed by atoms with Crippen LogP contribution in [0.4, 0.5) is 30.6 Å². The molecule has 0 atom stereocenters. The number of hydrogen-bond acceptors (Lipinski definition) is 5. The summed E-state index contributed by atoms with van der Waals surface area (Å²) in [6.07, 6.45) is 1.10. The van der Waals surface area contributed by atoms with Gasteiger partial charge in [-0.15, -0.1) is 0 Å². The van der Waals surface area contributed by atoms with Crippen LogP contribution in [0.2, 0.25) is 0 Å². The molecule has 28 heavy (non-hydrogen) atoms. The van der Waals surface area contributed by atoms with Crippen molar-refractivity contribution in [1.29, 1.82) is 0 Å². The molecule has 0 saturated heterocycles. The van der Waals surface area contributed by atoms with Crippen LogP contribution in [-0.2, 0) is 6.18 Å².